The van der Waals surface area contributed by atoms with Crippen molar-refractivity contribution in [1.82, 2.24) is 20.2 Å². The van der Waals surface area contributed by atoms with Gasteiger partial charge in [-0.2, -0.15) is 4.68 Å². The van der Waals surface area contributed by atoms with E-state index in [2.05, 4.69) is 69.3 Å². The molecule has 0 amide bonds. The third kappa shape index (κ3) is 9.01. The Balaban J connectivity index is 2.22. The molecule has 1 aromatic heterocycles. The third-order valence-electron chi connectivity index (χ3n) is 6.45. The molecule has 2 rings (SSSR count). The summed E-state index contributed by atoms with van der Waals surface area (Å²) in [5.74, 6) is -0.174. The van der Waals surface area contributed by atoms with E-state index in [1.54, 1.807) is 23.4 Å². The molecule has 0 saturated heterocycles. The fourth-order valence-electron chi connectivity index (χ4n) is 3.43. The normalized spacial score (nSPS) is 15.6. The van der Waals surface area contributed by atoms with E-state index >= 15 is 0 Å². The number of thioether (sulfide) groups is 1. The molecular formula is C27H42N4O3SSi. The van der Waals surface area contributed by atoms with Gasteiger partial charge in [0.05, 0.1) is 18.4 Å². The Labute approximate surface area is 221 Å². The van der Waals surface area contributed by atoms with Gasteiger partial charge in [-0.25, -0.2) is 4.79 Å². The Morgan fingerprint density at radius 1 is 1.17 bits per heavy atom. The van der Waals surface area contributed by atoms with E-state index < -0.39 is 8.32 Å². The van der Waals surface area contributed by atoms with Crippen molar-refractivity contribution in [3.05, 3.63) is 54.1 Å². The summed E-state index contributed by atoms with van der Waals surface area (Å²) < 4.78 is 13.7. The lowest BCUT2D eigenvalue weighted by Crippen LogP contribution is -2.46. The second-order valence-electron chi connectivity index (χ2n) is 10.6. The Morgan fingerprint density at radius 3 is 2.44 bits per heavy atom. The number of rotatable bonds is 12. The largest absolute Gasteiger partial charge is 0.463 e. The molecule has 36 heavy (non-hydrogen) atoms. The number of benzene rings is 1. The van der Waals surface area contributed by atoms with Crippen molar-refractivity contribution in [3.8, 4) is 5.69 Å². The third-order valence-corrected chi connectivity index (χ3v) is 12.0. The summed E-state index contributed by atoms with van der Waals surface area (Å²) in [4.78, 5) is 11.7. The number of tetrazole rings is 1. The molecule has 0 radical (unpaired) electrons. The van der Waals surface area contributed by atoms with Crippen LogP contribution in [0.2, 0.25) is 18.1 Å². The zero-order valence-corrected chi connectivity index (χ0v) is 25.0. The average Bonchev–Trinajstić information content (AvgIpc) is 3.25. The van der Waals surface area contributed by atoms with Gasteiger partial charge < -0.3 is 9.16 Å². The molecule has 0 bridgehead atoms. The van der Waals surface area contributed by atoms with Gasteiger partial charge in [-0.3, -0.25) is 0 Å². The Bertz CT molecular complexity index is 1030. The second-order valence-corrected chi connectivity index (χ2v) is 16.8. The lowest BCUT2D eigenvalue weighted by molar-refractivity contribution is -0.137. The van der Waals surface area contributed by atoms with Crippen LogP contribution in [0.1, 0.15) is 54.9 Å². The maximum absolute atomic E-state index is 11.7. The number of hydrogen-bond acceptors (Lipinski definition) is 7. The summed E-state index contributed by atoms with van der Waals surface area (Å²) in [6, 6.07) is 9.92. The van der Waals surface area contributed by atoms with Crippen LogP contribution in [0.15, 0.2) is 59.3 Å². The number of esters is 1. The summed E-state index contributed by atoms with van der Waals surface area (Å²) in [7, 11) is -2.01. The molecule has 0 aliphatic heterocycles. The summed E-state index contributed by atoms with van der Waals surface area (Å²) in [5.41, 5.74) is 1.94. The van der Waals surface area contributed by atoms with Crippen LogP contribution in [0.3, 0.4) is 0 Å². The average molecular weight is 531 g/mol. The van der Waals surface area contributed by atoms with Gasteiger partial charge in [-0.05, 0) is 66.9 Å². The minimum Gasteiger partial charge on any atom is -0.463 e. The lowest BCUT2D eigenvalue weighted by atomic mass is 9.98. The number of para-hydroxylation sites is 1. The number of carbonyl (C=O) groups is 1. The van der Waals surface area contributed by atoms with Crippen molar-refractivity contribution in [2.24, 2.45) is 5.92 Å². The maximum Gasteiger partial charge on any atom is 0.330 e. The molecule has 9 heteroatoms. The van der Waals surface area contributed by atoms with Gasteiger partial charge in [0.2, 0.25) is 5.16 Å². The minimum absolute atomic E-state index is 0.0143. The highest BCUT2D eigenvalue weighted by atomic mass is 32.2. The summed E-state index contributed by atoms with van der Waals surface area (Å²) in [6.45, 7) is 19.9. The van der Waals surface area contributed by atoms with Crippen molar-refractivity contribution in [3.63, 3.8) is 0 Å². The van der Waals surface area contributed by atoms with Gasteiger partial charge in [0, 0.05) is 11.3 Å². The zero-order chi connectivity index (χ0) is 26.9. The number of ether oxygens (including phenoxy) is 1. The van der Waals surface area contributed by atoms with E-state index in [1.165, 1.54) is 6.08 Å². The number of aromatic nitrogens is 4. The first-order valence-electron chi connectivity index (χ1n) is 12.6. The van der Waals surface area contributed by atoms with Crippen molar-refractivity contribution in [2.75, 3.05) is 6.61 Å². The highest BCUT2D eigenvalue weighted by molar-refractivity contribution is 7.99. The standard InChI is InChI=1S/C27H42N4O3SSi/c1-10-33-25(32)17-16-20(2)18-21(3)24(34-36(8,9)27(5,6)7)19-22(4)35-26-28-29-30-31(26)23-14-12-11-13-15-23/h11-18,21-22,24H,10,19H2,1-9H3/b17-16+,20-18+/t21-,22?,24-/m1/s1. The van der Waals surface area contributed by atoms with E-state index in [0.29, 0.717) is 6.61 Å². The topological polar surface area (TPSA) is 79.1 Å². The molecule has 1 aromatic carbocycles. The van der Waals surface area contributed by atoms with Gasteiger partial charge in [0.25, 0.3) is 0 Å². The Morgan fingerprint density at radius 2 is 1.83 bits per heavy atom. The molecule has 3 atom stereocenters. The summed E-state index contributed by atoms with van der Waals surface area (Å²) in [5, 5.41) is 13.4. The molecule has 198 valence electrons. The van der Waals surface area contributed by atoms with Crippen LogP contribution >= 0.6 is 11.8 Å². The van der Waals surface area contributed by atoms with Crippen molar-refractivity contribution in [1.29, 1.82) is 0 Å². The van der Waals surface area contributed by atoms with Gasteiger partial charge in [-0.15, -0.1) is 5.10 Å². The van der Waals surface area contributed by atoms with Gasteiger partial charge in [-0.1, -0.05) is 82.3 Å². The Kier molecular flexibility index (Phi) is 11.1. The maximum atomic E-state index is 11.7. The van der Waals surface area contributed by atoms with Crippen molar-refractivity contribution >= 4 is 26.0 Å². The monoisotopic (exact) mass is 530 g/mol. The first-order valence-corrected chi connectivity index (χ1v) is 16.3. The fraction of sp³-hybridized carbons (Fsp3) is 0.556. The van der Waals surface area contributed by atoms with E-state index in [9.17, 15) is 4.79 Å². The lowest BCUT2D eigenvalue weighted by Gasteiger charge is -2.41. The molecule has 0 saturated carbocycles. The first kappa shape index (κ1) is 30.0. The molecule has 7 nitrogen and oxygen atoms in total. The van der Waals surface area contributed by atoms with Crippen LogP contribution in [0.4, 0.5) is 0 Å². The molecule has 2 aromatic rings. The van der Waals surface area contributed by atoms with Gasteiger partial charge in [0.1, 0.15) is 0 Å². The SMILES string of the molecule is CCOC(=O)/C=C/C(C)=C/[C@@H](C)[C@@H](CC(C)Sc1nnnn1-c1ccccc1)O[Si](C)(C)C(C)(C)C. The Hall–Kier alpha value is -2.23. The molecule has 1 unspecified atom stereocenters. The predicted octanol–water partition coefficient (Wildman–Crippen LogP) is 6.63. The highest BCUT2D eigenvalue weighted by Crippen LogP contribution is 2.39. The van der Waals surface area contributed by atoms with Crippen molar-refractivity contribution in [2.45, 2.75) is 89.5 Å². The van der Waals surface area contributed by atoms with Crippen LogP contribution in [-0.4, -0.2) is 52.5 Å². The highest BCUT2D eigenvalue weighted by Gasteiger charge is 2.40. The molecule has 0 spiro atoms. The van der Waals surface area contributed by atoms with Crippen LogP contribution < -0.4 is 0 Å². The molecule has 0 N–H and O–H groups in total. The van der Waals surface area contributed by atoms with Crippen LogP contribution in [0, 0.1) is 5.92 Å². The van der Waals surface area contributed by atoms with E-state index in [4.69, 9.17) is 9.16 Å². The number of nitrogens with zero attached hydrogens (tertiary/aromatic N) is 4. The molecule has 0 aliphatic rings. The zero-order valence-electron chi connectivity index (χ0n) is 23.2. The van der Waals surface area contributed by atoms with Crippen LogP contribution in [-0.2, 0) is 14.0 Å². The number of allylic oxidation sites excluding steroid dienone is 2. The van der Waals surface area contributed by atoms with Crippen LogP contribution in [0.5, 0.6) is 0 Å². The van der Waals surface area contributed by atoms with Crippen molar-refractivity contribution < 1.29 is 14.0 Å². The predicted molar refractivity (Wildman–Crippen MR) is 150 cm³/mol. The summed E-state index contributed by atoms with van der Waals surface area (Å²) >= 11 is 1.66. The quantitative estimate of drug-likeness (QED) is 0.100. The van der Waals surface area contributed by atoms with Gasteiger partial charge >= 0.3 is 5.97 Å². The summed E-state index contributed by atoms with van der Waals surface area (Å²) in [6.07, 6.45) is 6.32. The van der Waals surface area contributed by atoms with E-state index in [1.807, 2.05) is 43.3 Å². The minimum atomic E-state index is -2.01. The molecule has 0 fully saturated rings. The molecule has 1 heterocycles. The van der Waals surface area contributed by atoms with Gasteiger partial charge in [0.15, 0.2) is 8.32 Å². The number of carbonyl (C=O) groups excluding carboxylic acids is 1. The first-order chi connectivity index (χ1) is 16.8. The number of hydrogen-bond donors (Lipinski definition) is 0. The van der Waals surface area contributed by atoms with E-state index in [-0.39, 0.29) is 28.3 Å². The molecular weight excluding hydrogens is 488 g/mol. The second kappa shape index (κ2) is 13.4. The smallest absolute Gasteiger partial charge is 0.330 e. The fourth-order valence-corrected chi connectivity index (χ4v) is 5.82. The molecule has 0 aliphatic carbocycles. The van der Waals surface area contributed by atoms with Crippen LogP contribution in [0.25, 0.3) is 5.69 Å². The van der Waals surface area contributed by atoms with E-state index in [0.717, 1.165) is 22.8 Å².